The Hall–Kier alpha value is -1.71. The fourth-order valence-corrected chi connectivity index (χ4v) is 2.81. The van der Waals surface area contributed by atoms with E-state index >= 15 is 0 Å². The van der Waals surface area contributed by atoms with E-state index in [-0.39, 0.29) is 12.5 Å². The number of amides is 1. The highest BCUT2D eigenvalue weighted by molar-refractivity contribution is 5.77. The molecule has 110 valence electrons. The molecule has 1 saturated carbocycles. The number of nitrogens with one attached hydrogen (secondary N) is 1. The number of hydrogen-bond donors (Lipinski definition) is 2. The van der Waals surface area contributed by atoms with Crippen molar-refractivity contribution in [3.63, 3.8) is 0 Å². The Morgan fingerprint density at radius 1 is 1.45 bits per heavy atom. The fourth-order valence-electron chi connectivity index (χ4n) is 2.81. The average Bonchev–Trinajstić information content (AvgIpc) is 2.43. The van der Waals surface area contributed by atoms with Gasteiger partial charge < -0.3 is 15.8 Å². The first kappa shape index (κ1) is 14.7. The van der Waals surface area contributed by atoms with Crippen LogP contribution in [0.3, 0.4) is 0 Å². The van der Waals surface area contributed by atoms with Crippen LogP contribution in [0.25, 0.3) is 0 Å². The Morgan fingerprint density at radius 2 is 2.30 bits per heavy atom. The summed E-state index contributed by atoms with van der Waals surface area (Å²) in [5.41, 5.74) is 6.29. The quantitative estimate of drug-likeness (QED) is 0.812. The topological polar surface area (TPSA) is 64.3 Å². The maximum atomic E-state index is 11.8. The maximum absolute atomic E-state index is 11.8. The fraction of sp³-hybridized carbons (Fsp3) is 0.562. The van der Waals surface area contributed by atoms with E-state index in [0.717, 1.165) is 12.5 Å². The summed E-state index contributed by atoms with van der Waals surface area (Å²) in [6.45, 7) is 3.10. The lowest BCUT2D eigenvalue weighted by molar-refractivity contribution is -0.123. The Kier molecular flexibility index (Phi) is 5.27. The summed E-state index contributed by atoms with van der Waals surface area (Å²) in [6.07, 6.45) is 5.04. The summed E-state index contributed by atoms with van der Waals surface area (Å²) >= 11 is 0. The second-order valence-electron chi connectivity index (χ2n) is 5.80. The Bertz CT molecular complexity index is 448. The van der Waals surface area contributed by atoms with Gasteiger partial charge in [-0.25, -0.2) is 0 Å². The highest BCUT2D eigenvalue weighted by Crippen LogP contribution is 2.27. The van der Waals surface area contributed by atoms with Gasteiger partial charge in [0.2, 0.25) is 0 Å². The molecule has 0 heterocycles. The van der Waals surface area contributed by atoms with Gasteiger partial charge in [0.1, 0.15) is 5.75 Å². The summed E-state index contributed by atoms with van der Waals surface area (Å²) < 4.78 is 5.42. The minimum absolute atomic E-state index is 0.0473. The first-order chi connectivity index (χ1) is 9.63. The summed E-state index contributed by atoms with van der Waals surface area (Å²) in [6, 6.07) is 7.12. The van der Waals surface area contributed by atoms with Crippen LogP contribution >= 0.6 is 0 Å². The second-order valence-corrected chi connectivity index (χ2v) is 5.80. The van der Waals surface area contributed by atoms with Crippen molar-refractivity contribution in [3.8, 4) is 5.75 Å². The van der Waals surface area contributed by atoms with Crippen LogP contribution in [0.15, 0.2) is 24.3 Å². The lowest BCUT2D eigenvalue weighted by Gasteiger charge is -2.26. The predicted octanol–water partition coefficient (Wildman–Crippen LogP) is 2.59. The third-order valence-corrected chi connectivity index (χ3v) is 3.86. The molecule has 4 nitrogen and oxygen atoms in total. The lowest BCUT2D eigenvalue weighted by atomic mass is 9.82. The van der Waals surface area contributed by atoms with Crippen molar-refractivity contribution in [3.05, 3.63) is 24.3 Å². The van der Waals surface area contributed by atoms with Crippen LogP contribution in [0.5, 0.6) is 5.75 Å². The molecule has 1 aliphatic carbocycles. The van der Waals surface area contributed by atoms with Crippen LogP contribution in [0.4, 0.5) is 5.69 Å². The molecule has 3 N–H and O–H groups in total. The SMILES string of the molecule is CC1CCCC(CNC(=O)COc2cccc(N)c2)C1. The molecule has 0 aromatic heterocycles. The van der Waals surface area contributed by atoms with Crippen LogP contribution in [0, 0.1) is 11.8 Å². The monoisotopic (exact) mass is 276 g/mol. The molecule has 0 aliphatic heterocycles. The van der Waals surface area contributed by atoms with E-state index in [1.54, 1.807) is 18.2 Å². The molecular formula is C16H24N2O2. The van der Waals surface area contributed by atoms with Crippen molar-refractivity contribution < 1.29 is 9.53 Å². The van der Waals surface area contributed by atoms with E-state index in [1.165, 1.54) is 25.7 Å². The highest BCUT2D eigenvalue weighted by atomic mass is 16.5. The first-order valence-electron chi connectivity index (χ1n) is 7.38. The molecule has 0 spiro atoms. The lowest BCUT2D eigenvalue weighted by Crippen LogP contribution is -2.34. The smallest absolute Gasteiger partial charge is 0.257 e. The molecule has 2 rings (SSSR count). The molecule has 0 bridgehead atoms. The number of nitrogen functional groups attached to an aromatic ring is 1. The van der Waals surface area contributed by atoms with E-state index < -0.39 is 0 Å². The maximum Gasteiger partial charge on any atom is 0.257 e. The number of ether oxygens (including phenoxy) is 1. The molecule has 1 aromatic rings. The normalized spacial score (nSPS) is 22.2. The van der Waals surface area contributed by atoms with Crippen molar-refractivity contribution in [2.45, 2.75) is 32.6 Å². The molecule has 4 heteroatoms. The van der Waals surface area contributed by atoms with E-state index in [9.17, 15) is 4.79 Å². The summed E-state index contributed by atoms with van der Waals surface area (Å²) in [5, 5.41) is 2.96. The highest BCUT2D eigenvalue weighted by Gasteiger charge is 2.19. The van der Waals surface area contributed by atoms with Crippen LogP contribution in [-0.2, 0) is 4.79 Å². The van der Waals surface area contributed by atoms with Gasteiger partial charge in [0.15, 0.2) is 6.61 Å². The van der Waals surface area contributed by atoms with E-state index in [0.29, 0.717) is 17.4 Å². The predicted molar refractivity (Wildman–Crippen MR) is 80.5 cm³/mol. The molecule has 0 radical (unpaired) electrons. The summed E-state index contributed by atoms with van der Waals surface area (Å²) in [7, 11) is 0. The average molecular weight is 276 g/mol. The number of benzene rings is 1. The van der Waals surface area contributed by atoms with Gasteiger partial charge in [-0.05, 0) is 36.8 Å². The zero-order chi connectivity index (χ0) is 14.4. The summed E-state index contributed by atoms with van der Waals surface area (Å²) in [5.74, 6) is 1.97. The zero-order valence-corrected chi connectivity index (χ0v) is 12.1. The van der Waals surface area contributed by atoms with Crippen LogP contribution in [0.2, 0.25) is 0 Å². The number of anilines is 1. The van der Waals surface area contributed by atoms with Gasteiger partial charge in [0, 0.05) is 18.3 Å². The minimum atomic E-state index is -0.0642. The third kappa shape index (κ3) is 4.76. The van der Waals surface area contributed by atoms with Gasteiger partial charge in [0.25, 0.3) is 5.91 Å². The van der Waals surface area contributed by atoms with Crippen molar-refractivity contribution in [2.75, 3.05) is 18.9 Å². The minimum Gasteiger partial charge on any atom is -0.484 e. The molecule has 1 aliphatic rings. The molecule has 0 saturated heterocycles. The van der Waals surface area contributed by atoms with Crippen molar-refractivity contribution in [2.24, 2.45) is 11.8 Å². The first-order valence-corrected chi connectivity index (χ1v) is 7.38. The van der Waals surface area contributed by atoms with E-state index in [2.05, 4.69) is 12.2 Å². The standard InChI is InChI=1S/C16H24N2O2/c1-12-4-2-5-13(8-12)10-18-16(19)11-20-15-7-3-6-14(17)9-15/h3,6-7,9,12-13H,2,4-5,8,10-11,17H2,1H3,(H,18,19). The number of rotatable bonds is 5. The number of nitrogens with two attached hydrogens (primary N) is 1. The molecule has 2 unspecified atom stereocenters. The van der Waals surface area contributed by atoms with Gasteiger partial charge in [-0.1, -0.05) is 25.8 Å². The van der Waals surface area contributed by atoms with Gasteiger partial charge in [-0.15, -0.1) is 0 Å². The zero-order valence-electron chi connectivity index (χ0n) is 12.1. The van der Waals surface area contributed by atoms with Gasteiger partial charge >= 0.3 is 0 Å². The molecule has 1 aromatic carbocycles. The number of carbonyl (C=O) groups is 1. The number of carbonyl (C=O) groups excluding carboxylic acids is 1. The second kappa shape index (κ2) is 7.17. The van der Waals surface area contributed by atoms with E-state index in [4.69, 9.17) is 10.5 Å². The molecular weight excluding hydrogens is 252 g/mol. The van der Waals surface area contributed by atoms with Crippen molar-refractivity contribution in [1.29, 1.82) is 0 Å². The Morgan fingerprint density at radius 3 is 3.05 bits per heavy atom. The molecule has 2 atom stereocenters. The number of hydrogen-bond acceptors (Lipinski definition) is 3. The van der Waals surface area contributed by atoms with Crippen LogP contribution < -0.4 is 15.8 Å². The van der Waals surface area contributed by atoms with Crippen LogP contribution in [0.1, 0.15) is 32.6 Å². The van der Waals surface area contributed by atoms with Gasteiger partial charge in [-0.3, -0.25) is 4.79 Å². The van der Waals surface area contributed by atoms with Crippen molar-refractivity contribution >= 4 is 11.6 Å². The molecule has 1 amide bonds. The van der Waals surface area contributed by atoms with Gasteiger partial charge in [0.05, 0.1) is 0 Å². The van der Waals surface area contributed by atoms with Gasteiger partial charge in [-0.2, -0.15) is 0 Å². The largest absolute Gasteiger partial charge is 0.484 e. The summed E-state index contributed by atoms with van der Waals surface area (Å²) in [4.78, 5) is 11.8. The Labute approximate surface area is 120 Å². The Balaban J connectivity index is 1.67. The molecule has 20 heavy (non-hydrogen) atoms. The molecule has 1 fully saturated rings. The van der Waals surface area contributed by atoms with Crippen LogP contribution in [-0.4, -0.2) is 19.1 Å². The third-order valence-electron chi connectivity index (χ3n) is 3.86. The van der Waals surface area contributed by atoms with E-state index in [1.807, 2.05) is 6.07 Å². The van der Waals surface area contributed by atoms with Crippen molar-refractivity contribution in [1.82, 2.24) is 5.32 Å².